The first-order chi connectivity index (χ1) is 17.5. The summed E-state index contributed by atoms with van der Waals surface area (Å²) in [6, 6.07) is 7.95. The largest absolute Gasteiger partial charge is 0.416 e. The number of likely N-dealkylation sites (tertiary alicyclic amines) is 1. The monoisotopic (exact) mass is 552 g/mol. The molecule has 2 aromatic carbocycles. The SMILES string of the molecule is CN1CC[C@@H](N2C(=O)S/C(=C\c3ccc4c(cnn4Cc4ccc(Cl)cc4C(F)(F)F)c3)C2=O)[C@H](F)C1. The van der Waals surface area contributed by atoms with E-state index in [4.69, 9.17) is 11.6 Å². The number of aromatic nitrogens is 2. The number of rotatable bonds is 4. The lowest BCUT2D eigenvalue weighted by molar-refractivity contribution is -0.138. The molecule has 194 valence electrons. The number of hydrogen-bond acceptors (Lipinski definition) is 5. The molecule has 1 aromatic heterocycles. The van der Waals surface area contributed by atoms with Crippen molar-refractivity contribution in [2.75, 3.05) is 20.1 Å². The van der Waals surface area contributed by atoms with Gasteiger partial charge in [-0.25, -0.2) is 4.39 Å². The second-order valence-electron chi connectivity index (χ2n) is 9.11. The van der Waals surface area contributed by atoms with E-state index in [1.165, 1.54) is 23.0 Å². The maximum Gasteiger partial charge on any atom is 0.416 e. The molecule has 37 heavy (non-hydrogen) atoms. The van der Waals surface area contributed by atoms with E-state index in [-0.39, 0.29) is 28.6 Å². The van der Waals surface area contributed by atoms with Gasteiger partial charge in [0.25, 0.3) is 11.1 Å². The maximum absolute atomic E-state index is 14.6. The third-order valence-corrected chi connectivity index (χ3v) is 7.65. The highest BCUT2D eigenvalue weighted by molar-refractivity contribution is 8.18. The van der Waals surface area contributed by atoms with Gasteiger partial charge in [-0.1, -0.05) is 23.7 Å². The van der Waals surface area contributed by atoms with Gasteiger partial charge in [-0.05, 0) is 66.7 Å². The van der Waals surface area contributed by atoms with Gasteiger partial charge in [0.2, 0.25) is 0 Å². The number of amides is 2. The van der Waals surface area contributed by atoms with Crippen molar-refractivity contribution in [3.8, 4) is 0 Å². The van der Waals surface area contributed by atoms with Crippen LogP contribution in [0.1, 0.15) is 23.1 Å². The average molecular weight is 553 g/mol. The standard InChI is InChI=1S/C25H21ClF4N4O2S/c1-32-7-6-21(19(27)13-32)34-23(35)22(37-24(34)36)9-14-2-5-20-16(8-14)11-31-33(20)12-15-3-4-17(26)10-18(15)25(28,29)30/h2-5,8-11,19,21H,6-7,12-13H2,1H3/b22-9-/t19-,21-/m1/s1. The number of thioether (sulfide) groups is 1. The minimum absolute atomic E-state index is 0.00619. The van der Waals surface area contributed by atoms with Crippen LogP contribution in [0.25, 0.3) is 17.0 Å². The second kappa shape index (κ2) is 9.77. The van der Waals surface area contributed by atoms with E-state index in [2.05, 4.69) is 5.10 Å². The number of halogens is 5. The van der Waals surface area contributed by atoms with Gasteiger partial charge in [-0.2, -0.15) is 18.3 Å². The quantitative estimate of drug-likeness (QED) is 0.301. The molecule has 6 nitrogen and oxygen atoms in total. The number of fused-ring (bicyclic) bond motifs is 1. The first-order valence-electron chi connectivity index (χ1n) is 11.4. The Labute approximate surface area is 218 Å². The molecule has 2 atom stereocenters. The van der Waals surface area contributed by atoms with Crippen LogP contribution >= 0.6 is 23.4 Å². The second-order valence-corrected chi connectivity index (χ2v) is 10.5. The molecule has 2 fully saturated rings. The number of hydrogen-bond donors (Lipinski definition) is 0. The van der Waals surface area contributed by atoms with Gasteiger partial charge in [0.15, 0.2) is 0 Å². The fourth-order valence-corrected chi connectivity index (χ4v) is 5.74. The lowest BCUT2D eigenvalue weighted by Crippen LogP contribution is -2.52. The molecular weight excluding hydrogens is 532 g/mol. The van der Waals surface area contributed by atoms with Crippen LogP contribution in [0.2, 0.25) is 5.02 Å². The van der Waals surface area contributed by atoms with Crippen molar-refractivity contribution < 1.29 is 27.2 Å². The molecule has 2 aliphatic heterocycles. The Hall–Kier alpha value is -2.89. The zero-order valence-corrected chi connectivity index (χ0v) is 21.1. The van der Waals surface area contributed by atoms with Crippen molar-refractivity contribution in [1.82, 2.24) is 19.6 Å². The molecule has 3 heterocycles. The summed E-state index contributed by atoms with van der Waals surface area (Å²) in [5.41, 5.74) is 0.413. The lowest BCUT2D eigenvalue weighted by atomic mass is 10.0. The number of carbonyl (C=O) groups excluding carboxylic acids is 2. The Morgan fingerprint density at radius 3 is 2.70 bits per heavy atom. The predicted molar refractivity (Wildman–Crippen MR) is 134 cm³/mol. The van der Waals surface area contributed by atoms with E-state index < -0.39 is 35.1 Å². The molecule has 0 saturated carbocycles. The summed E-state index contributed by atoms with van der Waals surface area (Å²) in [5, 5.41) is 4.39. The summed E-state index contributed by atoms with van der Waals surface area (Å²) in [4.78, 5) is 28.6. The molecule has 2 amide bonds. The molecule has 2 saturated heterocycles. The fraction of sp³-hybridized carbons (Fsp3) is 0.320. The van der Waals surface area contributed by atoms with Gasteiger partial charge in [0, 0.05) is 23.5 Å². The van der Waals surface area contributed by atoms with Crippen molar-refractivity contribution in [1.29, 1.82) is 0 Å². The van der Waals surface area contributed by atoms with Gasteiger partial charge < -0.3 is 4.90 Å². The van der Waals surface area contributed by atoms with Crippen LogP contribution in [-0.4, -0.2) is 63.1 Å². The first kappa shape index (κ1) is 25.7. The van der Waals surface area contributed by atoms with E-state index in [0.717, 1.165) is 22.7 Å². The topological polar surface area (TPSA) is 58.4 Å². The molecule has 3 aromatic rings. The Kier molecular flexibility index (Phi) is 6.80. The molecule has 12 heteroatoms. The number of piperidine rings is 1. The van der Waals surface area contributed by atoms with Crippen LogP contribution in [0.4, 0.5) is 22.4 Å². The van der Waals surface area contributed by atoms with Gasteiger partial charge in [-0.15, -0.1) is 0 Å². The van der Waals surface area contributed by atoms with Crippen LogP contribution in [0.15, 0.2) is 47.5 Å². The fourth-order valence-electron chi connectivity index (χ4n) is 4.69. The number of carbonyl (C=O) groups is 2. The van der Waals surface area contributed by atoms with Crippen LogP contribution in [0, 0.1) is 0 Å². The lowest BCUT2D eigenvalue weighted by Gasteiger charge is -2.36. The molecular formula is C25H21ClF4N4O2S. The molecule has 0 aliphatic carbocycles. The van der Waals surface area contributed by atoms with E-state index in [9.17, 15) is 27.2 Å². The van der Waals surface area contributed by atoms with Gasteiger partial charge in [0.05, 0.1) is 34.8 Å². The highest BCUT2D eigenvalue weighted by Gasteiger charge is 2.44. The molecule has 0 bridgehead atoms. The predicted octanol–water partition coefficient (Wildman–Crippen LogP) is 5.84. The summed E-state index contributed by atoms with van der Waals surface area (Å²) in [6.07, 6.45) is -2.42. The van der Waals surface area contributed by atoms with Crippen molar-refractivity contribution in [2.45, 2.75) is 31.4 Å². The zero-order valence-electron chi connectivity index (χ0n) is 19.5. The van der Waals surface area contributed by atoms with Crippen LogP contribution in [-0.2, 0) is 17.5 Å². The highest BCUT2D eigenvalue weighted by Crippen LogP contribution is 2.37. The van der Waals surface area contributed by atoms with Crippen LogP contribution in [0.5, 0.6) is 0 Å². The van der Waals surface area contributed by atoms with Crippen LogP contribution in [0.3, 0.4) is 0 Å². The van der Waals surface area contributed by atoms with Crippen molar-refractivity contribution in [2.24, 2.45) is 0 Å². The summed E-state index contributed by atoms with van der Waals surface area (Å²) in [5.74, 6) is -0.523. The van der Waals surface area contributed by atoms with Crippen molar-refractivity contribution in [3.63, 3.8) is 0 Å². The van der Waals surface area contributed by atoms with E-state index >= 15 is 0 Å². The summed E-state index contributed by atoms with van der Waals surface area (Å²) < 4.78 is 56.5. The minimum Gasteiger partial charge on any atom is -0.303 e. The third-order valence-electron chi connectivity index (χ3n) is 6.53. The van der Waals surface area contributed by atoms with E-state index in [1.807, 2.05) is 4.90 Å². The molecule has 0 N–H and O–H groups in total. The van der Waals surface area contributed by atoms with E-state index in [1.54, 1.807) is 31.3 Å². The minimum atomic E-state index is -4.56. The summed E-state index contributed by atoms with van der Waals surface area (Å²) in [7, 11) is 1.79. The number of alkyl halides is 4. The first-order valence-corrected chi connectivity index (χ1v) is 12.6. The normalized spacial score (nSPS) is 22.5. The molecule has 0 spiro atoms. The Bertz CT molecular complexity index is 1420. The Morgan fingerprint density at radius 2 is 1.97 bits per heavy atom. The van der Waals surface area contributed by atoms with Crippen molar-refractivity contribution >= 4 is 51.5 Å². The van der Waals surface area contributed by atoms with Gasteiger partial charge in [-0.3, -0.25) is 19.2 Å². The van der Waals surface area contributed by atoms with Crippen LogP contribution < -0.4 is 0 Å². The number of imide groups is 1. The molecule has 0 radical (unpaired) electrons. The molecule has 5 rings (SSSR count). The van der Waals surface area contributed by atoms with E-state index in [0.29, 0.717) is 29.4 Å². The average Bonchev–Trinajstić information content (AvgIpc) is 3.34. The summed E-state index contributed by atoms with van der Waals surface area (Å²) in [6.45, 7) is 0.633. The highest BCUT2D eigenvalue weighted by atomic mass is 35.5. The number of benzene rings is 2. The van der Waals surface area contributed by atoms with Gasteiger partial charge in [0.1, 0.15) is 6.17 Å². The smallest absolute Gasteiger partial charge is 0.303 e. The zero-order chi connectivity index (χ0) is 26.5. The maximum atomic E-state index is 14.6. The van der Waals surface area contributed by atoms with Crippen molar-refractivity contribution in [3.05, 3.63) is 69.2 Å². The Morgan fingerprint density at radius 1 is 1.19 bits per heavy atom. The number of nitrogens with zero attached hydrogens (tertiary/aromatic N) is 4. The Balaban J connectivity index is 1.39. The summed E-state index contributed by atoms with van der Waals surface area (Å²) >= 11 is 6.54. The third kappa shape index (κ3) is 5.12. The molecule has 0 unspecified atom stereocenters. The molecule has 2 aliphatic rings. The van der Waals surface area contributed by atoms with Gasteiger partial charge >= 0.3 is 6.18 Å².